The van der Waals surface area contributed by atoms with Crippen LogP contribution in [0.5, 0.6) is 0 Å². The normalized spacial score (nSPS) is 10.9. The third-order valence-corrected chi connectivity index (χ3v) is 3.80. The van der Waals surface area contributed by atoms with E-state index in [1.807, 2.05) is 0 Å². The Kier molecular flexibility index (Phi) is 3.76. The fourth-order valence-electron chi connectivity index (χ4n) is 1.98. The molecule has 0 amide bonds. The molecule has 3 rings (SSSR count). The van der Waals surface area contributed by atoms with E-state index in [2.05, 4.69) is 31.2 Å². The molecule has 0 aliphatic carbocycles. The Morgan fingerprint density at radius 2 is 2.05 bits per heavy atom. The molecule has 0 bridgehead atoms. The van der Waals surface area contributed by atoms with Gasteiger partial charge in [-0.15, -0.1) is 0 Å². The monoisotopic (exact) mass is 383 g/mol. The van der Waals surface area contributed by atoms with E-state index in [9.17, 15) is 9.18 Å². The second-order valence-corrected chi connectivity index (χ2v) is 5.79. The summed E-state index contributed by atoms with van der Waals surface area (Å²) >= 11 is 9.37. The van der Waals surface area contributed by atoms with Crippen LogP contribution >= 0.6 is 27.5 Å². The van der Waals surface area contributed by atoms with E-state index in [4.69, 9.17) is 16.7 Å². The third kappa shape index (κ3) is 2.65. The summed E-state index contributed by atoms with van der Waals surface area (Å²) < 4.78 is 15.3. The summed E-state index contributed by atoms with van der Waals surface area (Å²) in [6.45, 7) is 0. The van der Waals surface area contributed by atoms with Crippen molar-refractivity contribution in [2.45, 2.75) is 0 Å². The number of aromatic amines is 1. The van der Waals surface area contributed by atoms with Gasteiger partial charge >= 0.3 is 5.97 Å². The van der Waals surface area contributed by atoms with Crippen LogP contribution in [0.3, 0.4) is 0 Å². The molecule has 0 aliphatic heterocycles. The van der Waals surface area contributed by atoms with E-state index in [1.54, 1.807) is 24.3 Å². The number of anilines is 2. The van der Waals surface area contributed by atoms with E-state index >= 15 is 0 Å². The average Bonchev–Trinajstić information content (AvgIpc) is 2.90. The molecular formula is C14H8BrClFN3O2. The summed E-state index contributed by atoms with van der Waals surface area (Å²) in [6.07, 6.45) is 0. The topological polar surface area (TPSA) is 78.0 Å². The van der Waals surface area contributed by atoms with Gasteiger partial charge in [-0.25, -0.2) is 14.2 Å². The number of hydrogen-bond acceptors (Lipinski definition) is 3. The molecule has 1 aromatic heterocycles. The number of fused-ring (bicyclic) bond motifs is 1. The van der Waals surface area contributed by atoms with Gasteiger partial charge in [-0.05, 0) is 30.3 Å². The number of hydrogen-bond donors (Lipinski definition) is 3. The van der Waals surface area contributed by atoms with Gasteiger partial charge in [0.05, 0.1) is 21.9 Å². The van der Waals surface area contributed by atoms with Crippen molar-refractivity contribution in [3.8, 4) is 0 Å². The van der Waals surface area contributed by atoms with Crippen LogP contribution < -0.4 is 5.32 Å². The van der Waals surface area contributed by atoms with Crippen molar-refractivity contribution in [2.24, 2.45) is 0 Å². The number of aromatic nitrogens is 2. The molecule has 0 aliphatic rings. The molecule has 0 saturated carbocycles. The minimum atomic E-state index is -1.25. The molecule has 5 nitrogen and oxygen atoms in total. The van der Waals surface area contributed by atoms with Gasteiger partial charge in [-0.3, -0.25) is 0 Å². The maximum atomic E-state index is 14.5. The van der Waals surface area contributed by atoms with Gasteiger partial charge in [0.1, 0.15) is 5.52 Å². The van der Waals surface area contributed by atoms with Crippen LogP contribution in [-0.2, 0) is 0 Å². The number of nitrogens with zero attached hydrogens (tertiary/aromatic N) is 1. The zero-order valence-electron chi connectivity index (χ0n) is 10.8. The molecule has 0 atom stereocenters. The summed E-state index contributed by atoms with van der Waals surface area (Å²) in [5.41, 5.74) is 0.940. The minimum Gasteiger partial charge on any atom is -0.475 e. The summed E-state index contributed by atoms with van der Waals surface area (Å²) in [5.74, 6) is -2.21. The van der Waals surface area contributed by atoms with Crippen LogP contribution in [0, 0.1) is 5.82 Å². The van der Waals surface area contributed by atoms with Crippen molar-refractivity contribution >= 4 is 55.9 Å². The highest BCUT2D eigenvalue weighted by atomic mass is 79.9. The number of aromatic carboxylic acids is 1. The van der Waals surface area contributed by atoms with Gasteiger partial charge in [0, 0.05) is 4.47 Å². The number of nitrogens with one attached hydrogen (secondary N) is 2. The van der Waals surface area contributed by atoms with Gasteiger partial charge < -0.3 is 15.4 Å². The van der Waals surface area contributed by atoms with Gasteiger partial charge in [0.15, 0.2) is 5.82 Å². The van der Waals surface area contributed by atoms with Crippen LogP contribution in [0.4, 0.5) is 15.8 Å². The lowest BCUT2D eigenvalue weighted by atomic mass is 10.2. The lowest BCUT2D eigenvalue weighted by Crippen LogP contribution is -1.98. The molecule has 22 heavy (non-hydrogen) atoms. The average molecular weight is 385 g/mol. The summed E-state index contributed by atoms with van der Waals surface area (Å²) in [6, 6.07) is 8.18. The maximum absolute atomic E-state index is 14.5. The summed E-state index contributed by atoms with van der Waals surface area (Å²) in [5, 5.41) is 12.2. The van der Waals surface area contributed by atoms with Gasteiger partial charge in [0.2, 0.25) is 5.82 Å². The first-order chi connectivity index (χ1) is 10.5. The van der Waals surface area contributed by atoms with E-state index in [1.165, 1.54) is 6.07 Å². The Balaban J connectivity index is 2.04. The minimum absolute atomic E-state index is 0.0457. The number of benzene rings is 2. The number of imidazole rings is 1. The Morgan fingerprint density at radius 3 is 2.73 bits per heavy atom. The maximum Gasteiger partial charge on any atom is 0.371 e. The molecule has 3 N–H and O–H groups in total. The first-order valence-electron chi connectivity index (χ1n) is 6.09. The first-order valence-corrected chi connectivity index (χ1v) is 7.26. The summed E-state index contributed by atoms with van der Waals surface area (Å²) in [4.78, 5) is 17.2. The van der Waals surface area contributed by atoms with Gasteiger partial charge in [-0.2, -0.15) is 0 Å². The predicted octanol–water partition coefficient (Wildman–Crippen LogP) is 4.56. The van der Waals surface area contributed by atoms with Crippen molar-refractivity contribution < 1.29 is 14.3 Å². The largest absolute Gasteiger partial charge is 0.475 e. The van der Waals surface area contributed by atoms with Gasteiger partial charge in [0.25, 0.3) is 0 Å². The zero-order chi connectivity index (χ0) is 15.9. The summed E-state index contributed by atoms with van der Waals surface area (Å²) in [7, 11) is 0. The van der Waals surface area contributed by atoms with Crippen molar-refractivity contribution in [1.82, 2.24) is 9.97 Å². The number of rotatable bonds is 3. The SMILES string of the molecule is O=C(O)c1nc2c(F)c(Nc3ccc(Br)cc3Cl)ccc2[nH]1. The fraction of sp³-hybridized carbons (Fsp3) is 0. The quantitative estimate of drug-likeness (QED) is 0.618. The van der Waals surface area contributed by atoms with Crippen molar-refractivity contribution in [2.75, 3.05) is 5.32 Å². The Morgan fingerprint density at radius 1 is 1.32 bits per heavy atom. The molecule has 8 heteroatoms. The second kappa shape index (κ2) is 5.58. The van der Waals surface area contributed by atoms with E-state index in [-0.39, 0.29) is 17.0 Å². The molecule has 0 unspecified atom stereocenters. The first kappa shape index (κ1) is 14.8. The molecule has 112 valence electrons. The lowest BCUT2D eigenvalue weighted by molar-refractivity contribution is 0.0685. The molecule has 0 saturated heterocycles. The Hall–Kier alpha value is -2.12. The highest BCUT2D eigenvalue weighted by Gasteiger charge is 2.16. The molecule has 3 aromatic rings. The van der Waals surface area contributed by atoms with E-state index in [0.717, 1.165) is 4.47 Å². The molecule has 2 aromatic carbocycles. The molecular weight excluding hydrogens is 377 g/mol. The molecule has 0 radical (unpaired) electrons. The van der Waals surface area contributed by atoms with Crippen molar-refractivity contribution in [3.63, 3.8) is 0 Å². The molecule has 0 fully saturated rings. The smallest absolute Gasteiger partial charge is 0.371 e. The highest BCUT2D eigenvalue weighted by molar-refractivity contribution is 9.10. The molecule has 1 heterocycles. The number of carboxylic acids is 1. The number of carboxylic acid groups (broad SMARTS) is 1. The number of carbonyl (C=O) groups is 1. The van der Waals surface area contributed by atoms with Crippen LogP contribution in [0.2, 0.25) is 5.02 Å². The second-order valence-electron chi connectivity index (χ2n) is 4.46. The van der Waals surface area contributed by atoms with Crippen LogP contribution in [0.1, 0.15) is 10.6 Å². The molecule has 0 spiro atoms. The number of H-pyrrole nitrogens is 1. The van der Waals surface area contributed by atoms with Crippen molar-refractivity contribution in [3.05, 3.63) is 51.5 Å². The van der Waals surface area contributed by atoms with Crippen LogP contribution in [-0.4, -0.2) is 21.0 Å². The lowest BCUT2D eigenvalue weighted by Gasteiger charge is -2.09. The van der Waals surface area contributed by atoms with E-state index in [0.29, 0.717) is 16.2 Å². The number of halogens is 3. The van der Waals surface area contributed by atoms with E-state index < -0.39 is 11.8 Å². The zero-order valence-corrected chi connectivity index (χ0v) is 13.2. The van der Waals surface area contributed by atoms with Gasteiger partial charge in [-0.1, -0.05) is 27.5 Å². The standard InChI is InChI=1S/C14H8BrClFN3O2/c15-6-1-2-8(7(16)5-6)18-9-3-4-10-12(11(9)17)20-13(19-10)14(21)22/h1-5,18H,(H,19,20)(H,21,22). The Bertz CT molecular complexity index is 897. The van der Waals surface area contributed by atoms with Crippen LogP contribution in [0.15, 0.2) is 34.8 Å². The predicted molar refractivity (Wildman–Crippen MR) is 85.4 cm³/mol. The van der Waals surface area contributed by atoms with Crippen LogP contribution in [0.25, 0.3) is 11.0 Å². The third-order valence-electron chi connectivity index (χ3n) is 3.00. The van der Waals surface area contributed by atoms with Crippen molar-refractivity contribution in [1.29, 1.82) is 0 Å². The highest BCUT2D eigenvalue weighted by Crippen LogP contribution is 2.31. The fourth-order valence-corrected chi connectivity index (χ4v) is 2.70. The Labute approximate surface area is 137 Å².